The molecule has 0 aliphatic rings. The largest absolute Gasteiger partial charge is 0.489 e. The van der Waals surface area contributed by atoms with Gasteiger partial charge in [0.2, 0.25) is 0 Å². The molecule has 0 fully saturated rings. The summed E-state index contributed by atoms with van der Waals surface area (Å²) in [5.74, 6) is 3.03. The van der Waals surface area contributed by atoms with Crippen molar-refractivity contribution in [3.63, 3.8) is 0 Å². The maximum atomic E-state index is 5.18. The van der Waals surface area contributed by atoms with E-state index in [1.54, 1.807) is 6.26 Å². The van der Waals surface area contributed by atoms with Gasteiger partial charge < -0.3 is 4.74 Å². The lowest BCUT2D eigenvalue weighted by atomic mass is 10.4. The van der Waals surface area contributed by atoms with Crippen molar-refractivity contribution in [1.29, 1.82) is 0 Å². The van der Waals surface area contributed by atoms with Crippen LogP contribution in [0, 0.1) is 11.5 Å². The average molecular weight is 182 g/mol. The molecule has 2 heteroatoms. The molecule has 68 valence electrons. The molecule has 0 saturated heterocycles. The van der Waals surface area contributed by atoms with E-state index in [0.29, 0.717) is 6.61 Å². The Morgan fingerprint density at radius 1 is 1.33 bits per heavy atom. The Labute approximate surface area is 76.8 Å². The van der Waals surface area contributed by atoms with Crippen LogP contribution in [0.3, 0.4) is 0 Å². The van der Waals surface area contributed by atoms with Gasteiger partial charge in [0.1, 0.15) is 14.7 Å². The molecule has 0 heterocycles. The molecule has 0 aliphatic heterocycles. The van der Waals surface area contributed by atoms with E-state index in [-0.39, 0.29) is 0 Å². The van der Waals surface area contributed by atoms with Gasteiger partial charge in [-0.1, -0.05) is 25.6 Å². The van der Waals surface area contributed by atoms with Crippen LogP contribution in [0.1, 0.15) is 13.8 Å². The van der Waals surface area contributed by atoms with Crippen LogP contribution in [-0.4, -0.2) is 14.7 Å². The monoisotopic (exact) mass is 182 g/mol. The zero-order valence-electron chi connectivity index (χ0n) is 8.69. The zero-order valence-corrected chi connectivity index (χ0v) is 9.69. The van der Waals surface area contributed by atoms with Gasteiger partial charge in [-0.25, -0.2) is 0 Å². The topological polar surface area (TPSA) is 9.23 Å². The van der Waals surface area contributed by atoms with Crippen molar-refractivity contribution in [1.82, 2.24) is 0 Å². The van der Waals surface area contributed by atoms with Crippen LogP contribution in [0.25, 0.3) is 0 Å². The van der Waals surface area contributed by atoms with Crippen molar-refractivity contribution in [2.45, 2.75) is 33.5 Å². The van der Waals surface area contributed by atoms with Crippen LogP contribution >= 0.6 is 0 Å². The van der Waals surface area contributed by atoms with Gasteiger partial charge in [-0.2, -0.15) is 0 Å². The van der Waals surface area contributed by atoms with Gasteiger partial charge in [0, 0.05) is 0 Å². The molecule has 0 aliphatic carbocycles. The predicted octanol–water partition coefficient (Wildman–Crippen LogP) is 2.81. The fourth-order valence-corrected chi connectivity index (χ4v) is 1.15. The summed E-state index contributed by atoms with van der Waals surface area (Å²) in [6.45, 7) is 11.2. The summed E-state index contributed by atoms with van der Waals surface area (Å²) >= 11 is 0. The van der Waals surface area contributed by atoms with Crippen molar-refractivity contribution in [3.8, 4) is 11.5 Å². The highest BCUT2D eigenvalue weighted by Gasteiger charge is 2.06. The summed E-state index contributed by atoms with van der Waals surface area (Å²) in [4.78, 5) is 0. The lowest BCUT2D eigenvalue weighted by Gasteiger charge is -2.03. The highest BCUT2D eigenvalue weighted by atomic mass is 28.3. The van der Waals surface area contributed by atoms with E-state index in [4.69, 9.17) is 4.74 Å². The normalized spacial score (nSPS) is 9.75. The minimum Gasteiger partial charge on any atom is -0.489 e. The lowest BCUT2D eigenvalue weighted by molar-refractivity contribution is 0.293. The Hall–Kier alpha value is -0.683. The molecule has 0 N–H and O–H groups in total. The molecule has 0 aromatic carbocycles. The van der Waals surface area contributed by atoms with Crippen LogP contribution in [0.15, 0.2) is 11.8 Å². The van der Waals surface area contributed by atoms with E-state index in [2.05, 4.69) is 31.1 Å². The molecule has 0 radical (unpaired) electrons. The van der Waals surface area contributed by atoms with Crippen LogP contribution in [0.5, 0.6) is 0 Å². The second-order valence-electron chi connectivity index (χ2n) is 4.06. The van der Waals surface area contributed by atoms with Gasteiger partial charge >= 0.3 is 0 Å². The highest BCUT2D eigenvalue weighted by Crippen LogP contribution is 1.96. The van der Waals surface area contributed by atoms with Gasteiger partial charge in [0.05, 0.1) is 6.26 Å². The Morgan fingerprint density at radius 3 is 2.33 bits per heavy atom. The molecule has 0 aromatic heterocycles. The van der Waals surface area contributed by atoms with E-state index in [0.717, 1.165) is 0 Å². The van der Waals surface area contributed by atoms with Gasteiger partial charge in [0.25, 0.3) is 0 Å². The zero-order chi connectivity index (χ0) is 9.61. The van der Waals surface area contributed by atoms with Gasteiger partial charge in [0.15, 0.2) is 0 Å². The van der Waals surface area contributed by atoms with E-state index >= 15 is 0 Å². The maximum Gasteiger partial charge on any atom is 0.147 e. The molecule has 0 aromatic rings. The van der Waals surface area contributed by atoms with E-state index < -0.39 is 8.07 Å². The first-order valence-corrected chi connectivity index (χ1v) is 7.67. The summed E-state index contributed by atoms with van der Waals surface area (Å²) < 4.78 is 5.18. The first-order valence-electron chi connectivity index (χ1n) is 4.17. The number of allylic oxidation sites excluding steroid dienone is 1. The number of hydrogen-bond donors (Lipinski definition) is 0. The second kappa shape index (κ2) is 5.05. The van der Waals surface area contributed by atoms with E-state index in [1.807, 2.05) is 13.8 Å². The third-order valence-electron chi connectivity index (χ3n) is 0.938. The number of hydrogen-bond acceptors (Lipinski definition) is 1. The molecule has 0 atom stereocenters. The Kier molecular flexibility index (Phi) is 4.76. The third-order valence-corrected chi connectivity index (χ3v) is 1.86. The SMILES string of the molecule is CC(C)=COCC#C[Si](C)(C)C. The van der Waals surface area contributed by atoms with Crippen molar-refractivity contribution >= 4 is 8.07 Å². The Balaban J connectivity index is 3.68. The van der Waals surface area contributed by atoms with E-state index in [1.165, 1.54) is 5.57 Å². The van der Waals surface area contributed by atoms with Gasteiger partial charge in [-0.3, -0.25) is 0 Å². The Morgan fingerprint density at radius 2 is 1.92 bits per heavy atom. The number of ether oxygens (including phenoxy) is 1. The maximum absolute atomic E-state index is 5.18. The lowest BCUT2D eigenvalue weighted by Crippen LogP contribution is -2.16. The smallest absolute Gasteiger partial charge is 0.147 e. The molecule has 0 spiro atoms. The molecule has 0 rings (SSSR count). The van der Waals surface area contributed by atoms with Crippen molar-refractivity contribution in [2.75, 3.05) is 6.61 Å². The first-order chi connectivity index (χ1) is 5.42. The minimum atomic E-state index is -1.20. The van der Waals surface area contributed by atoms with Gasteiger partial charge in [-0.15, -0.1) is 5.54 Å². The summed E-state index contributed by atoms with van der Waals surface area (Å²) in [5, 5.41) is 0. The van der Waals surface area contributed by atoms with Crippen LogP contribution in [-0.2, 0) is 4.74 Å². The molecule has 0 amide bonds. The van der Waals surface area contributed by atoms with Crippen LogP contribution in [0.2, 0.25) is 19.6 Å². The molecule has 12 heavy (non-hydrogen) atoms. The Bertz CT molecular complexity index is 208. The average Bonchev–Trinajstić information content (AvgIpc) is 1.83. The molecule has 0 saturated carbocycles. The van der Waals surface area contributed by atoms with Crippen LogP contribution < -0.4 is 0 Å². The molecular formula is C10H18OSi. The van der Waals surface area contributed by atoms with Crippen molar-refractivity contribution < 1.29 is 4.74 Å². The molecule has 1 nitrogen and oxygen atoms in total. The third kappa shape index (κ3) is 9.32. The van der Waals surface area contributed by atoms with E-state index in [9.17, 15) is 0 Å². The summed E-state index contributed by atoms with van der Waals surface area (Å²) in [6.07, 6.45) is 1.75. The molecule has 0 bridgehead atoms. The number of rotatable bonds is 2. The summed E-state index contributed by atoms with van der Waals surface area (Å²) in [6, 6.07) is 0. The quantitative estimate of drug-likeness (QED) is 0.276. The first kappa shape index (κ1) is 11.3. The van der Waals surface area contributed by atoms with Crippen molar-refractivity contribution in [3.05, 3.63) is 11.8 Å². The summed E-state index contributed by atoms with van der Waals surface area (Å²) in [7, 11) is -1.20. The van der Waals surface area contributed by atoms with Gasteiger partial charge in [-0.05, 0) is 19.4 Å². The molecule has 0 unspecified atom stereocenters. The summed E-state index contributed by atoms with van der Waals surface area (Å²) in [5.41, 5.74) is 4.40. The second-order valence-corrected chi connectivity index (χ2v) is 8.81. The highest BCUT2D eigenvalue weighted by molar-refractivity contribution is 6.83. The predicted molar refractivity (Wildman–Crippen MR) is 56.5 cm³/mol. The van der Waals surface area contributed by atoms with Crippen molar-refractivity contribution in [2.24, 2.45) is 0 Å². The fraction of sp³-hybridized carbons (Fsp3) is 0.600. The van der Waals surface area contributed by atoms with Crippen LogP contribution in [0.4, 0.5) is 0 Å². The molecular weight excluding hydrogens is 164 g/mol. The minimum absolute atomic E-state index is 0.523. The standard InChI is InChI=1S/C10H18OSi/c1-10(2)9-11-7-6-8-12(3,4)5/h9H,7H2,1-5H3. The fourth-order valence-electron chi connectivity index (χ4n) is 0.551.